The van der Waals surface area contributed by atoms with Gasteiger partial charge in [-0.05, 0) is 26.0 Å². The van der Waals surface area contributed by atoms with Gasteiger partial charge in [-0.1, -0.05) is 5.16 Å². The fourth-order valence-electron chi connectivity index (χ4n) is 1.88. The highest BCUT2D eigenvalue weighted by atomic mass is 16.5. The molecular formula is C12H12N6O. The molecule has 19 heavy (non-hydrogen) atoms. The zero-order chi connectivity index (χ0) is 13.4. The molecule has 3 N–H and O–H groups in total. The number of aryl methyl sites for hydroxylation is 2. The molecule has 0 aromatic carbocycles. The molecule has 96 valence electrons. The maximum Gasteiger partial charge on any atom is 0.263 e. The lowest BCUT2D eigenvalue weighted by Gasteiger charge is -1.98. The molecule has 0 radical (unpaired) electrons. The van der Waals surface area contributed by atoms with Gasteiger partial charge in [-0.25, -0.2) is 0 Å². The fraction of sp³-hybridized carbons (Fsp3) is 0.167. The van der Waals surface area contributed by atoms with Gasteiger partial charge in [0.05, 0.1) is 6.20 Å². The number of nitrogens with zero attached hydrogens (tertiary/aromatic N) is 4. The van der Waals surface area contributed by atoms with Crippen LogP contribution in [0.25, 0.3) is 22.8 Å². The molecule has 3 rings (SSSR count). The number of hydrogen-bond donors (Lipinski definition) is 2. The summed E-state index contributed by atoms with van der Waals surface area (Å²) in [7, 11) is 0. The molecule has 0 amide bonds. The highest BCUT2D eigenvalue weighted by molar-refractivity contribution is 5.67. The van der Waals surface area contributed by atoms with Gasteiger partial charge in [0.15, 0.2) is 0 Å². The molecule has 3 aromatic heterocycles. The molecule has 0 unspecified atom stereocenters. The molecule has 0 saturated carbocycles. The van der Waals surface area contributed by atoms with Crippen LogP contribution in [-0.4, -0.2) is 25.3 Å². The van der Waals surface area contributed by atoms with Crippen LogP contribution < -0.4 is 5.73 Å². The molecule has 7 heteroatoms. The Bertz CT molecular complexity index is 709. The lowest BCUT2D eigenvalue weighted by atomic mass is 10.2. The molecule has 0 aliphatic heterocycles. The van der Waals surface area contributed by atoms with E-state index in [4.69, 9.17) is 10.3 Å². The lowest BCUT2D eigenvalue weighted by Crippen LogP contribution is -1.90. The maximum absolute atomic E-state index is 5.71. The number of nitrogens with two attached hydrogens (primary N) is 1. The van der Waals surface area contributed by atoms with E-state index >= 15 is 0 Å². The van der Waals surface area contributed by atoms with Crippen LogP contribution in [0, 0.1) is 13.8 Å². The third-order valence-electron chi connectivity index (χ3n) is 2.66. The molecule has 0 aliphatic carbocycles. The number of anilines is 1. The SMILES string of the molecule is Cc1cc(-c2noc(-c3cn[nH]c3N)n2)cc(C)n1. The average molecular weight is 256 g/mol. The van der Waals surface area contributed by atoms with Crippen molar-refractivity contribution in [2.45, 2.75) is 13.8 Å². The molecule has 0 saturated heterocycles. The molecular weight excluding hydrogens is 244 g/mol. The first-order chi connectivity index (χ1) is 9.13. The Morgan fingerprint density at radius 1 is 1.16 bits per heavy atom. The third-order valence-corrected chi connectivity index (χ3v) is 2.66. The number of nitrogens with one attached hydrogen (secondary N) is 1. The summed E-state index contributed by atoms with van der Waals surface area (Å²) in [6.45, 7) is 3.84. The summed E-state index contributed by atoms with van der Waals surface area (Å²) in [6, 6.07) is 3.81. The predicted molar refractivity (Wildman–Crippen MR) is 69.0 cm³/mol. The van der Waals surface area contributed by atoms with Crippen LogP contribution in [0.5, 0.6) is 0 Å². The van der Waals surface area contributed by atoms with Crippen LogP contribution in [-0.2, 0) is 0 Å². The maximum atomic E-state index is 5.71. The van der Waals surface area contributed by atoms with Gasteiger partial charge in [-0.3, -0.25) is 10.1 Å². The standard InChI is InChI=1S/C12H12N6O/c1-6-3-8(4-7(2)15-6)11-16-12(19-18-11)9-5-14-17-10(9)13/h3-5H,1-2H3,(H3,13,14,17). The van der Waals surface area contributed by atoms with E-state index in [2.05, 4.69) is 25.3 Å². The van der Waals surface area contributed by atoms with E-state index in [1.807, 2.05) is 26.0 Å². The highest BCUT2D eigenvalue weighted by Gasteiger charge is 2.14. The van der Waals surface area contributed by atoms with Gasteiger partial charge >= 0.3 is 0 Å². The summed E-state index contributed by atoms with van der Waals surface area (Å²) in [6.07, 6.45) is 1.55. The summed E-state index contributed by atoms with van der Waals surface area (Å²) in [5.41, 5.74) is 8.99. The second kappa shape index (κ2) is 4.20. The van der Waals surface area contributed by atoms with E-state index in [-0.39, 0.29) is 0 Å². The van der Waals surface area contributed by atoms with Gasteiger partial charge in [-0.2, -0.15) is 10.1 Å². The second-order valence-electron chi connectivity index (χ2n) is 4.26. The minimum atomic E-state index is 0.341. The van der Waals surface area contributed by atoms with Crippen molar-refractivity contribution in [2.24, 2.45) is 0 Å². The Morgan fingerprint density at radius 3 is 2.53 bits per heavy atom. The molecule has 0 fully saturated rings. The van der Waals surface area contributed by atoms with Gasteiger partial charge in [0.2, 0.25) is 5.82 Å². The number of pyridine rings is 1. The van der Waals surface area contributed by atoms with E-state index in [9.17, 15) is 0 Å². The Balaban J connectivity index is 2.04. The predicted octanol–water partition coefficient (Wildman–Crippen LogP) is 1.72. The Morgan fingerprint density at radius 2 is 1.89 bits per heavy atom. The third kappa shape index (κ3) is 2.05. The van der Waals surface area contributed by atoms with Crippen molar-refractivity contribution in [3.8, 4) is 22.8 Å². The van der Waals surface area contributed by atoms with Crippen molar-refractivity contribution >= 4 is 5.82 Å². The van der Waals surface area contributed by atoms with Crippen LogP contribution in [0.1, 0.15) is 11.4 Å². The van der Waals surface area contributed by atoms with E-state index in [0.717, 1.165) is 17.0 Å². The summed E-state index contributed by atoms with van der Waals surface area (Å²) in [5, 5.41) is 10.4. The Labute approximate surface area is 108 Å². The van der Waals surface area contributed by atoms with E-state index in [1.54, 1.807) is 6.20 Å². The molecule has 0 atom stereocenters. The first-order valence-electron chi connectivity index (χ1n) is 5.72. The smallest absolute Gasteiger partial charge is 0.263 e. The summed E-state index contributed by atoms with van der Waals surface area (Å²) >= 11 is 0. The minimum Gasteiger partial charge on any atom is -0.383 e. The largest absolute Gasteiger partial charge is 0.383 e. The molecule has 0 aliphatic rings. The Kier molecular flexibility index (Phi) is 2.52. The molecule has 3 heterocycles. The van der Waals surface area contributed by atoms with Crippen molar-refractivity contribution in [1.82, 2.24) is 25.3 Å². The molecule has 7 nitrogen and oxygen atoms in total. The number of hydrogen-bond acceptors (Lipinski definition) is 6. The van der Waals surface area contributed by atoms with Crippen molar-refractivity contribution in [2.75, 3.05) is 5.73 Å². The van der Waals surface area contributed by atoms with Gasteiger partial charge < -0.3 is 10.3 Å². The van der Waals surface area contributed by atoms with Crippen molar-refractivity contribution in [3.63, 3.8) is 0 Å². The average Bonchev–Trinajstić information content (AvgIpc) is 2.95. The molecule has 3 aromatic rings. The van der Waals surface area contributed by atoms with Gasteiger partial charge in [0, 0.05) is 17.0 Å². The zero-order valence-corrected chi connectivity index (χ0v) is 10.5. The monoisotopic (exact) mass is 256 g/mol. The summed E-state index contributed by atoms with van der Waals surface area (Å²) in [5.74, 6) is 1.25. The van der Waals surface area contributed by atoms with Crippen LogP contribution in [0.2, 0.25) is 0 Å². The quantitative estimate of drug-likeness (QED) is 0.723. The second-order valence-corrected chi connectivity index (χ2v) is 4.26. The van der Waals surface area contributed by atoms with Gasteiger partial charge in [0.1, 0.15) is 11.4 Å². The van der Waals surface area contributed by atoms with Crippen LogP contribution >= 0.6 is 0 Å². The Hall–Kier alpha value is -2.70. The number of aromatic amines is 1. The molecule has 0 spiro atoms. The topological polar surface area (TPSA) is 107 Å². The van der Waals surface area contributed by atoms with Gasteiger partial charge in [0.25, 0.3) is 5.89 Å². The number of aromatic nitrogens is 5. The highest BCUT2D eigenvalue weighted by Crippen LogP contribution is 2.25. The normalized spacial score (nSPS) is 10.8. The van der Waals surface area contributed by atoms with E-state index < -0.39 is 0 Å². The first-order valence-corrected chi connectivity index (χ1v) is 5.72. The zero-order valence-electron chi connectivity index (χ0n) is 10.5. The van der Waals surface area contributed by atoms with Gasteiger partial charge in [-0.15, -0.1) is 0 Å². The minimum absolute atomic E-state index is 0.341. The first kappa shape index (κ1) is 11.4. The fourth-order valence-corrected chi connectivity index (χ4v) is 1.88. The van der Waals surface area contributed by atoms with Crippen LogP contribution in [0.4, 0.5) is 5.82 Å². The van der Waals surface area contributed by atoms with Crippen LogP contribution in [0.15, 0.2) is 22.9 Å². The van der Waals surface area contributed by atoms with Crippen molar-refractivity contribution in [3.05, 3.63) is 29.7 Å². The summed E-state index contributed by atoms with van der Waals surface area (Å²) < 4.78 is 5.20. The number of rotatable bonds is 2. The summed E-state index contributed by atoms with van der Waals surface area (Å²) in [4.78, 5) is 8.63. The van der Waals surface area contributed by atoms with Crippen molar-refractivity contribution in [1.29, 1.82) is 0 Å². The molecule has 0 bridgehead atoms. The number of nitrogen functional groups attached to an aromatic ring is 1. The van der Waals surface area contributed by atoms with E-state index in [0.29, 0.717) is 23.1 Å². The van der Waals surface area contributed by atoms with E-state index in [1.165, 1.54) is 0 Å². The number of H-pyrrole nitrogens is 1. The lowest BCUT2D eigenvalue weighted by molar-refractivity contribution is 0.432. The van der Waals surface area contributed by atoms with Crippen LogP contribution in [0.3, 0.4) is 0 Å². The van der Waals surface area contributed by atoms with Crippen molar-refractivity contribution < 1.29 is 4.52 Å².